The van der Waals surface area contributed by atoms with E-state index in [2.05, 4.69) is 35.4 Å². The highest BCUT2D eigenvalue weighted by Crippen LogP contribution is 2.54. The lowest BCUT2D eigenvalue weighted by Crippen LogP contribution is -2.16. The molecule has 0 radical (unpaired) electrons. The van der Waals surface area contributed by atoms with Crippen LogP contribution in [0.25, 0.3) is 0 Å². The maximum Gasteiger partial charge on any atom is 0.229 e. The Morgan fingerprint density at radius 3 is 2.67 bits per heavy atom. The molecule has 0 aliphatic heterocycles. The largest absolute Gasteiger partial charge is 0.300 e. The first-order valence-electron chi connectivity index (χ1n) is 6.60. The van der Waals surface area contributed by atoms with E-state index in [4.69, 9.17) is 0 Å². The molecule has 18 heavy (non-hydrogen) atoms. The number of carbonyl (C=O) groups is 1. The number of aromatic nitrogens is 2. The monoisotopic (exact) mass is 265 g/mol. The van der Waals surface area contributed by atoms with E-state index in [0.717, 1.165) is 18.2 Å². The van der Waals surface area contributed by atoms with Gasteiger partial charge < -0.3 is 5.32 Å². The van der Waals surface area contributed by atoms with Crippen molar-refractivity contribution in [3.63, 3.8) is 0 Å². The molecule has 0 saturated heterocycles. The van der Waals surface area contributed by atoms with E-state index in [1.54, 1.807) is 0 Å². The Balaban J connectivity index is 1.59. The highest BCUT2D eigenvalue weighted by atomic mass is 32.1. The molecule has 3 rings (SSSR count). The van der Waals surface area contributed by atoms with Crippen LogP contribution in [0.5, 0.6) is 0 Å². The lowest BCUT2D eigenvalue weighted by Gasteiger charge is -2.12. The minimum absolute atomic E-state index is 0.0599. The number of rotatable bonds is 3. The highest BCUT2D eigenvalue weighted by Gasteiger charge is 2.51. The van der Waals surface area contributed by atoms with Crippen LogP contribution in [-0.2, 0) is 10.2 Å². The van der Waals surface area contributed by atoms with E-state index in [-0.39, 0.29) is 17.2 Å². The van der Waals surface area contributed by atoms with Gasteiger partial charge in [-0.3, -0.25) is 4.79 Å². The van der Waals surface area contributed by atoms with E-state index >= 15 is 0 Å². The first kappa shape index (κ1) is 12.1. The minimum atomic E-state index is -0.0599. The van der Waals surface area contributed by atoms with Crippen LogP contribution >= 0.6 is 11.5 Å². The van der Waals surface area contributed by atoms with Crippen molar-refractivity contribution in [2.24, 2.45) is 17.8 Å². The summed E-state index contributed by atoms with van der Waals surface area (Å²) >= 11 is 1.28. The zero-order valence-corrected chi connectivity index (χ0v) is 11.9. The van der Waals surface area contributed by atoms with Gasteiger partial charge in [0.2, 0.25) is 11.0 Å². The number of carbonyl (C=O) groups excluding carboxylic acids is 1. The summed E-state index contributed by atoms with van der Waals surface area (Å²) in [7, 11) is 0. The molecule has 98 valence electrons. The standard InChI is InChI=1S/C13H19N3OS/c1-13(2,3)11-15-12(18-16-11)14-10(17)9-6-8(9)7-4-5-7/h7-9H,4-6H2,1-3H3,(H,14,15,16,17)/t8-,9+/m1/s1. The Morgan fingerprint density at radius 2 is 2.11 bits per heavy atom. The summed E-state index contributed by atoms with van der Waals surface area (Å²) in [6, 6.07) is 0. The normalized spacial score (nSPS) is 27.1. The summed E-state index contributed by atoms with van der Waals surface area (Å²) < 4.78 is 4.30. The number of amides is 1. The highest BCUT2D eigenvalue weighted by molar-refractivity contribution is 7.09. The summed E-state index contributed by atoms with van der Waals surface area (Å²) in [4.78, 5) is 16.4. The molecule has 0 unspecified atom stereocenters. The van der Waals surface area contributed by atoms with Crippen molar-refractivity contribution in [2.75, 3.05) is 5.32 Å². The number of hydrogen-bond acceptors (Lipinski definition) is 4. The van der Waals surface area contributed by atoms with Crippen molar-refractivity contribution in [3.05, 3.63) is 5.82 Å². The maximum absolute atomic E-state index is 12.0. The Morgan fingerprint density at radius 1 is 1.39 bits per heavy atom. The van der Waals surface area contributed by atoms with E-state index in [1.165, 1.54) is 24.4 Å². The first-order valence-corrected chi connectivity index (χ1v) is 7.37. The molecule has 0 spiro atoms. The van der Waals surface area contributed by atoms with Gasteiger partial charge in [0, 0.05) is 22.9 Å². The van der Waals surface area contributed by atoms with Gasteiger partial charge in [0.05, 0.1) is 0 Å². The van der Waals surface area contributed by atoms with Crippen molar-refractivity contribution in [2.45, 2.75) is 45.4 Å². The number of nitrogens with one attached hydrogen (secondary N) is 1. The van der Waals surface area contributed by atoms with Crippen LogP contribution in [0.15, 0.2) is 0 Å². The number of anilines is 1. The Kier molecular flexibility index (Phi) is 2.70. The molecule has 4 nitrogen and oxygen atoms in total. The average Bonchev–Trinajstić information content (AvgIpc) is 3.14. The van der Waals surface area contributed by atoms with Gasteiger partial charge in [-0.1, -0.05) is 20.8 Å². The van der Waals surface area contributed by atoms with Crippen LogP contribution in [0, 0.1) is 17.8 Å². The van der Waals surface area contributed by atoms with E-state index in [9.17, 15) is 4.79 Å². The van der Waals surface area contributed by atoms with Crippen molar-refractivity contribution in [1.29, 1.82) is 0 Å². The second-order valence-electron chi connectivity index (χ2n) is 6.51. The van der Waals surface area contributed by atoms with E-state index < -0.39 is 0 Å². The second kappa shape index (κ2) is 4.02. The molecule has 2 saturated carbocycles. The minimum Gasteiger partial charge on any atom is -0.300 e. The first-order chi connectivity index (χ1) is 8.45. The van der Waals surface area contributed by atoms with Gasteiger partial charge in [-0.05, 0) is 31.1 Å². The van der Waals surface area contributed by atoms with E-state index in [0.29, 0.717) is 11.0 Å². The molecule has 0 bridgehead atoms. The van der Waals surface area contributed by atoms with Crippen molar-refractivity contribution < 1.29 is 4.79 Å². The number of hydrogen-bond donors (Lipinski definition) is 1. The Bertz CT molecular complexity index is 473. The lowest BCUT2D eigenvalue weighted by atomic mass is 9.96. The fourth-order valence-corrected chi connectivity index (χ4v) is 3.10. The van der Waals surface area contributed by atoms with Crippen LogP contribution in [-0.4, -0.2) is 15.3 Å². The third-order valence-corrected chi connectivity index (χ3v) is 4.36. The summed E-state index contributed by atoms with van der Waals surface area (Å²) in [6.45, 7) is 6.22. The van der Waals surface area contributed by atoms with E-state index in [1.807, 2.05) is 0 Å². The fraction of sp³-hybridized carbons (Fsp3) is 0.769. The number of nitrogens with zero attached hydrogens (tertiary/aromatic N) is 2. The third kappa shape index (κ3) is 2.41. The van der Waals surface area contributed by atoms with Crippen molar-refractivity contribution in [1.82, 2.24) is 9.36 Å². The Hall–Kier alpha value is -0.970. The van der Waals surface area contributed by atoms with Crippen LogP contribution in [0.4, 0.5) is 5.13 Å². The second-order valence-corrected chi connectivity index (χ2v) is 7.26. The summed E-state index contributed by atoms with van der Waals surface area (Å²) in [5, 5.41) is 3.56. The molecule has 2 aliphatic rings. The van der Waals surface area contributed by atoms with Gasteiger partial charge >= 0.3 is 0 Å². The van der Waals surface area contributed by atoms with Gasteiger partial charge in [-0.15, -0.1) is 0 Å². The van der Waals surface area contributed by atoms with Crippen molar-refractivity contribution >= 4 is 22.6 Å². The van der Waals surface area contributed by atoms with Crippen LogP contribution in [0.3, 0.4) is 0 Å². The van der Waals surface area contributed by atoms with Crippen LogP contribution < -0.4 is 5.32 Å². The zero-order chi connectivity index (χ0) is 12.9. The Labute approximate surface area is 111 Å². The molecule has 1 aromatic rings. The predicted molar refractivity (Wildman–Crippen MR) is 71.6 cm³/mol. The third-order valence-electron chi connectivity index (χ3n) is 3.73. The zero-order valence-electron chi connectivity index (χ0n) is 11.1. The van der Waals surface area contributed by atoms with Crippen molar-refractivity contribution in [3.8, 4) is 0 Å². The lowest BCUT2D eigenvalue weighted by molar-refractivity contribution is -0.117. The molecule has 1 heterocycles. The summed E-state index contributed by atoms with van der Waals surface area (Å²) in [5.74, 6) is 2.67. The van der Waals surface area contributed by atoms with Gasteiger partial charge in [-0.25, -0.2) is 4.98 Å². The van der Waals surface area contributed by atoms with Gasteiger partial charge in [0.1, 0.15) is 5.82 Å². The maximum atomic E-state index is 12.0. The topological polar surface area (TPSA) is 54.9 Å². The SMILES string of the molecule is CC(C)(C)c1nsc(NC(=O)[C@H]2C[C@@H]2C2CC2)n1. The smallest absolute Gasteiger partial charge is 0.229 e. The molecule has 1 N–H and O–H groups in total. The summed E-state index contributed by atoms with van der Waals surface area (Å²) in [5.41, 5.74) is -0.0599. The molecular weight excluding hydrogens is 246 g/mol. The quantitative estimate of drug-likeness (QED) is 0.914. The summed E-state index contributed by atoms with van der Waals surface area (Å²) in [6.07, 6.45) is 3.71. The van der Waals surface area contributed by atoms with Gasteiger partial charge in [-0.2, -0.15) is 4.37 Å². The fourth-order valence-electron chi connectivity index (χ4n) is 2.34. The molecule has 1 amide bonds. The molecular formula is C13H19N3OS. The molecule has 2 atom stereocenters. The van der Waals surface area contributed by atoms with Gasteiger partial charge in [0.25, 0.3) is 0 Å². The average molecular weight is 265 g/mol. The molecule has 2 aliphatic carbocycles. The predicted octanol–water partition coefficient (Wildman–Crippen LogP) is 2.82. The van der Waals surface area contributed by atoms with Crippen LogP contribution in [0.2, 0.25) is 0 Å². The molecule has 5 heteroatoms. The molecule has 0 aromatic carbocycles. The molecule has 2 fully saturated rings. The van der Waals surface area contributed by atoms with Gasteiger partial charge in [0.15, 0.2) is 0 Å². The molecule has 1 aromatic heterocycles. The van der Waals surface area contributed by atoms with Crippen LogP contribution in [0.1, 0.15) is 45.9 Å².